The second-order valence-corrected chi connectivity index (χ2v) is 7.33. The van der Waals surface area contributed by atoms with Gasteiger partial charge < -0.3 is 14.8 Å². The van der Waals surface area contributed by atoms with Crippen LogP contribution < -0.4 is 10.1 Å². The highest BCUT2D eigenvalue weighted by Gasteiger charge is 2.46. The van der Waals surface area contributed by atoms with Crippen LogP contribution in [0.5, 0.6) is 5.75 Å². The average molecular weight is 335 g/mol. The highest BCUT2D eigenvalue weighted by Crippen LogP contribution is 2.33. The molecule has 0 unspecified atom stereocenters. The van der Waals surface area contributed by atoms with Crippen LogP contribution in [0, 0.1) is 13.8 Å². The molecule has 1 aromatic carbocycles. The summed E-state index contributed by atoms with van der Waals surface area (Å²) in [5.41, 5.74) is 2.45. The van der Waals surface area contributed by atoms with Crippen molar-refractivity contribution in [1.29, 1.82) is 0 Å². The Labute approximate surface area is 140 Å². The summed E-state index contributed by atoms with van der Waals surface area (Å²) in [7, 11) is 1.35. The lowest BCUT2D eigenvalue weighted by Crippen LogP contribution is -2.58. The maximum absolute atomic E-state index is 12.6. The first kappa shape index (κ1) is 16.2. The Kier molecular flexibility index (Phi) is 4.27. The summed E-state index contributed by atoms with van der Waals surface area (Å²) in [5, 5.41) is 2.89. The van der Waals surface area contributed by atoms with Gasteiger partial charge in [0.1, 0.15) is 11.3 Å². The van der Waals surface area contributed by atoms with Gasteiger partial charge in [0, 0.05) is 12.2 Å². The van der Waals surface area contributed by atoms with Gasteiger partial charge in [-0.25, -0.2) is 4.79 Å². The van der Waals surface area contributed by atoms with Crippen molar-refractivity contribution in [3.05, 3.63) is 28.8 Å². The number of carbonyl (C=O) groups excluding carboxylic acids is 2. The van der Waals surface area contributed by atoms with Crippen LogP contribution >= 0.6 is 11.8 Å². The van der Waals surface area contributed by atoms with Gasteiger partial charge in [-0.15, -0.1) is 0 Å². The molecule has 0 aromatic heterocycles. The standard InChI is InChI=1S/C17H21NO4S/c1-10-6-12-8-14(22-13(12)7-11(10)2)15(19)18-17(16(20)21-3)4-5-23-9-17/h6-7,14H,4-5,8-9H2,1-3H3,(H,18,19)/t14-,17+/m1/s1. The Morgan fingerprint density at radius 1 is 1.35 bits per heavy atom. The first-order chi connectivity index (χ1) is 10.9. The van der Waals surface area contributed by atoms with Crippen LogP contribution in [0.15, 0.2) is 12.1 Å². The van der Waals surface area contributed by atoms with Gasteiger partial charge in [-0.2, -0.15) is 11.8 Å². The van der Waals surface area contributed by atoms with Crippen molar-refractivity contribution in [1.82, 2.24) is 5.32 Å². The zero-order valence-electron chi connectivity index (χ0n) is 13.6. The largest absolute Gasteiger partial charge is 0.480 e. The Morgan fingerprint density at radius 3 is 2.74 bits per heavy atom. The zero-order chi connectivity index (χ0) is 16.6. The molecule has 0 radical (unpaired) electrons. The molecule has 1 aromatic rings. The number of fused-ring (bicyclic) bond motifs is 1. The summed E-state index contributed by atoms with van der Waals surface area (Å²) in [6, 6.07) is 4.04. The number of ether oxygens (including phenoxy) is 2. The maximum atomic E-state index is 12.6. The normalized spacial score (nSPS) is 25.6. The van der Waals surface area contributed by atoms with E-state index in [2.05, 4.69) is 11.4 Å². The predicted molar refractivity (Wildman–Crippen MR) is 88.9 cm³/mol. The van der Waals surface area contributed by atoms with Crippen LogP contribution in [0.25, 0.3) is 0 Å². The van der Waals surface area contributed by atoms with E-state index < -0.39 is 11.6 Å². The van der Waals surface area contributed by atoms with E-state index in [0.717, 1.165) is 22.6 Å². The third-order valence-electron chi connectivity index (χ3n) is 4.60. The lowest BCUT2D eigenvalue weighted by atomic mass is 9.98. The van der Waals surface area contributed by atoms with Crippen LogP contribution in [0.4, 0.5) is 0 Å². The molecule has 5 nitrogen and oxygen atoms in total. The fraction of sp³-hybridized carbons (Fsp3) is 0.529. The van der Waals surface area contributed by atoms with E-state index in [1.807, 2.05) is 19.9 Å². The minimum absolute atomic E-state index is 0.246. The van der Waals surface area contributed by atoms with Gasteiger partial charge in [-0.05, 0) is 48.8 Å². The van der Waals surface area contributed by atoms with Gasteiger partial charge in [0.25, 0.3) is 5.91 Å². The van der Waals surface area contributed by atoms with Gasteiger partial charge in [-0.3, -0.25) is 4.79 Å². The first-order valence-corrected chi connectivity index (χ1v) is 8.85. The van der Waals surface area contributed by atoms with Crippen LogP contribution in [0.1, 0.15) is 23.1 Å². The molecule has 1 amide bonds. The molecule has 0 spiro atoms. The Bertz CT molecular complexity index is 621. The highest BCUT2D eigenvalue weighted by atomic mass is 32.2. The molecule has 124 valence electrons. The van der Waals surface area contributed by atoms with Crippen molar-refractivity contribution >= 4 is 23.6 Å². The molecule has 1 saturated heterocycles. The molecule has 2 heterocycles. The van der Waals surface area contributed by atoms with E-state index in [4.69, 9.17) is 9.47 Å². The smallest absolute Gasteiger partial charge is 0.332 e. The summed E-state index contributed by atoms with van der Waals surface area (Å²) >= 11 is 1.64. The van der Waals surface area contributed by atoms with Gasteiger partial charge in [0.15, 0.2) is 6.10 Å². The van der Waals surface area contributed by atoms with Gasteiger partial charge in [0.2, 0.25) is 0 Å². The molecule has 23 heavy (non-hydrogen) atoms. The molecule has 0 aliphatic carbocycles. The van der Waals surface area contributed by atoms with Crippen molar-refractivity contribution in [3.8, 4) is 5.75 Å². The third-order valence-corrected chi connectivity index (χ3v) is 5.79. The predicted octanol–water partition coefficient (Wildman–Crippen LogP) is 1.77. The summed E-state index contributed by atoms with van der Waals surface area (Å²) in [4.78, 5) is 24.7. The lowest BCUT2D eigenvalue weighted by Gasteiger charge is -2.27. The Morgan fingerprint density at radius 2 is 2.09 bits per heavy atom. The van der Waals surface area contributed by atoms with Crippen molar-refractivity contribution < 1.29 is 19.1 Å². The van der Waals surface area contributed by atoms with Gasteiger partial charge >= 0.3 is 5.97 Å². The number of thioether (sulfide) groups is 1. The second kappa shape index (κ2) is 6.07. The van der Waals surface area contributed by atoms with Crippen LogP contribution in [-0.2, 0) is 20.7 Å². The molecule has 1 N–H and O–H groups in total. The number of carbonyl (C=O) groups is 2. The Hall–Kier alpha value is -1.69. The number of hydrogen-bond acceptors (Lipinski definition) is 5. The maximum Gasteiger partial charge on any atom is 0.332 e. The SMILES string of the molecule is COC(=O)[C@]1(NC(=O)[C@H]2Cc3cc(C)c(C)cc3O2)CCSC1. The van der Waals surface area contributed by atoms with E-state index >= 15 is 0 Å². The lowest BCUT2D eigenvalue weighted by molar-refractivity contribution is -0.150. The van der Waals surface area contributed by atoms with E-state index in [0.29, 0.717) is 18.6 Å². The second-order valence-electron chi connectivity index (χ2n) is 6.22. The zero-order valence-corrected chi connectivity index (χ0v) is 14.4. The summed E-state index contributed by atoms with van der Waals surface area (Å²) < 4.78 is 10.7. The monoisotopic (exact) mass is 335 g/mol. The Balaban J connectivity index is 1.74. The number of hydrogen-bond donors (Lipinski definition) is 1. The number of methoxy groups -OCH3 is 1. The number of rotatable bonds is 3. The van der Waals surface area contributed by atoms with Crippen LogP contribution in [0.2, 0.25) is 0 Å². The van der Waals surface area contributed by atoms with E-state index in [-0.39, 0.29) is 11.9 Å². The summed E-state index contributed by atoms with van der Waals surface area (Å²) in [5.74, 6) is 1.52. The molecule has 0 bridgehead atoms. The average Bonchev–Trinajstić information content (AvgIpc) is 3.14. The minimum Gasteiger partial charge on any atom is -0.480 e. The van der Waals surface area contributed by atoms with Crippen molar-refractivity contribution in [2.24, 2.45) is 0 Å². The quantitative estimate of drug-likeness (QED) is 0.853. The van der Waals surface area contributed by atoms with Crippen LogP contribution in [0.3, 0.4) is 0 Å². The number of nitrogens with one attached hydrogen (secondary N) is 1. The molecule has 2 atom stereocenters. The molecule has 0 saturated carbocycles. The highest BCUT2D eigenvalue weighted by molar-refractivity contribution is 7.99. The number of esters is 1. The summed E-state index contributed by atoms with van der Waals surface area (Å²) in [6.45, 7) is 4.07. The van der Waals surface area contributed by atoms with Gasteiger partial charge in [0.05, 0.1) is 7.11 Å². The topological polar surface area (TPSA) is 64.6 Å². The van der Waals surface area contributed by atoms with Crippen molar-refractivity contribution in [2.75, 3.05) is 18.6 Å². The van der Waals surface area contributed by atoms with Crippen molar-refractivity contribution in [2.45, 2.75) is 38.3 Å². The van der Waals surface area contributed by atoms with E-state index in [9.17, 15) is 9.59 Å². The van der Waals surface area contributed by atoms with Crippen LogP contribution in [-0.4, -0.2) is 42.1 Å². The van der Waals surface area contributed by atoms with E-state index in [1.165, 1.54) is 12.7 Å². The third kappa shape index (κ3) is 2.92. The van der Waals surface area contributed by atoms with Gasteiger partial charge in [-0.1, -0.05) is 6.07 Å². The molecular weight excluding hydrogens is 314 g/mol. The molecule has 2 aliphatic heterocycles. The fourth-order valence-corrected chi connectivity index (χ4v) is 4.37. The molecule has 1 fully saturated rings. The summed E-state index contributed by atoms with van der Waals surface area (Å²) in [6.07, 6.45) is 0.541. The fourth-order valence-electron chi connectivity index (χ4n) is 3.05. The molecular formula is C17H21NO4S. The molecule has 3 rings (SSSR count). The van der Waals surface area contributed by atoms with E-state index in [1.54, 1.807) is 11.8 Å². The molecule has 6 heteroatoms. The minimum atomic E-state index is -0.916. The number of aryl methyl sites for hydroxylation is 2. The first-order valence-electron chi connectivity index (χ1n) is 7.70. The van der Waals surface area contributed by atoms with Crippen molar-refractivity contribution in [3.63, 3.8) is 0 Å². The molecule has 2 aliphatic rings. The number of amides is 1. The number of benzene rings is 1.